The second kappa shape index (κ2) is 10.3. The third-order valence-corrected chi connectivity index (χ3v) is 6.59. The van der Waals surface area contributed by atoms with Crippen LogP contribution >= 0.6 is 0 Å². The van der Waals surface area contributed by atoms with Crippen molar-refractivity contribution in [2.45, 2.75) is 71.3 Å². The van der Waals surface area contributed by atoms with Crippen LogP contribution in [0.1, 0.15) is 65.2 Å². The van der Waals surface area contributed by atoms with Gasteiger partial charge in [0.25, 0.3) is 0 Å². The number of hydrogen-bond acceptors (Lipinski definition) is 4. The molecule has 1 unspecified atom stereocenters. The molecule has 2 aliphatic heterocycles. The summed E-state index contributed by atoms with van der Waals surface area (Å²) in [6.07, 6.45) is 16.6. The van der Waals surface area contributed by atoms with Crippen LogP contribution in [0.2, 0.25) is 0 Å². The van der Waals surface area contributed by atoms with Gasteiger partial charge in [-0.25, -0.2) is 0 Å². The van der Waals surface area contributed by atoms with Gasteiger partial charge in [0.05, 0.1) is 12.2 Å². The molecule has 4 nitrogen and oxygen atoms in total. The van der Waals surface area contributed by atoms with Gasteiger partial charge in [0, 0.05) is 37.4 Å². The number of carbonyl (C=O) groups excluding carboxylic acids is 1. The van der Waals surface area contributed by atoms with Crippen molar-refractivity contribution in [2.75, 3.05) is 33.2 Å². The summed E-state index contributed by atoms with van der Waals surface area (Å²) in [5, 5.41) is 0. The number of nitrogens with zero attached hydrogens (tertiary/aromatic N) is 3. The van der Waals surface area contributed by atoms with Crippen LogP contribution in [0.15, 0.2) is 47.5 Å². The molecule has 29 heavy (non-hydrogen) atoms. The minimum atomic E-state index is 0.144. The lowest BCUT2D eigenvalue weighted by molar-refractivity contribution is -0.115. The number of carbonyl (C=O) groups is 1. The highest BCUT2D eigenvalue weighted by molar-refractivity contribution is 5.93. The number of likely N-dealkylation sites (N-methyl/N-ethyl adjacent to an activating group) is 1. The zero-order valence-corrected chi connectivity index (χ0v) is 18.8. The Hall–Kier alpha value is -1.81. The molecular weight excluding hydrogens is 358 g/mol. The smallest absolute Gasteiger partial charge is 0.175 e. The van der Waals surface area contributed by atoms with Gasteiger partial charge in [0.2, 0.25) is 0 Å². The van der Waals surface area contributed by atoms with Gasteiger partial charge in [-0.3, -0.25) is 9.69 Å². The van der Waals surface area contributed by atoms with E-state index in [2.05, 4.69) is 53.5 Å². The predicted octanol–water partition coefficient (Wildman–Crippen LogP) is 4.87. The molecule has 0 aromatic rings. The van der Waals surface area contributed by atoms with Crippen molar-refractivity contribution in [3.63, 3.8) is 0 Å². The highest BCUT2D eigenvalue weighted by Crippen LogP contribution is 2.33. The maximum absolute atomic E-state index is 12.2. The average Bonchev–Trinajstić information content (AvgIpc) is 2.65. The first-order valence-corrected chi connectivity index (χ1v) is 11.5. The third kappa shape index (κ3) is 5.42. The maximum Gasteiger partial charge on any atom is 0.175 e. The van der Waals surface area contributed by atoms with E-state index in [-0.39, 0.29) is 5.78 Å². The van der Waals surface area contributed by atoms with Crippen molar-refractivity contribution in [3.8, 4) is 0 Å². The Kier molecular flexibility index (Phi) is 7.77. The van der Waals surface area contributed by atoms with Gasteiger partial charge < -0.3 is 9.80 Å². The summed E-state index contributed by atoms with van der Waals surface area (Å²) in [6, 6.07) is 0.560. The Balaban J connectivity index is 1.72. The van der Waals surface area contributed by atoms with E-state index in [1.54, 1.807) is 12.5 Å². The zero-order valence-electron chi connectivity index (χ0n) is 18.8. The van der Waals surface area contributed by atoms with Crippen LogP contribution < -0.4 is 0 Å². The van der Waals surface area contributed by atoms with Gasteiger partial charge in [-0.15, -0.1) is 0 Å². The van der Waals surface area contributed by atoms with Crippen molar-refractivity contribution in [1.29, 1.82) is 0 Å². The number of piperazine rings is 1. The molecule has 0 aromatic heterocycles. The molecule has 3 fully saturated rings. The quantitative estimate of drug-likeness (QED) is 0.573. The zero-order chi connectivity index (χ0) is 20.8. The summed E-state index contributed by atoms with van der Waals surface area (Å²) in [5.41, 5.74) is 4.87. The van der Waals surface area contributed by atoms with Crippen molar-refractivity contribution < 1.29 is 4.79 Å². The largest absolute Gasteiger partial charge is 0.364 e. The minimum absolute atomic E-state index is 0.144. The van der Waals surface area contributed by atoms with E-state index < -0.39 is 0 Å². The summed E-state index contributed by atoms with van der Waals surface area (Å²) >= 11 is 0. The number of rotatable bonds is 7. The fourth-order valence-electron chi connectivity index (χ4n) is 4.59. The van der Waals surface area contributed by atoms with Crippen LogP contribution in [-0.4, -0.2) is 59.8 Å². The van der Waals surface area contributed by atoms with Crippen LogP contribution in [0.25, 0.3) is 0 Å². The Morgan fingerprint density at radius 2 is 1.97 bits per heavy atom. The molecule has 0 amide bonds. The van der Waals surface area contributed by atoms with Gasteiger partial charge >= 0.3 is 0 Å². The topological polar surface area (TPSA) is 26.8 Å². The van der Waals surface area contributed by atoms with E-state index in [1.165, 1.54) is 50.8 Å². The molecule has 2 heterocycles. The van der Waals surface area contributed by atoms with E-state index in [1.807, 2.05) is 0 Å². The van der Waals surface area contributed by atoms with Crippen molar-refractivity contribution in [3.05, 3.63) is 47.5 Å². The molecule has 160 valence electrons. The van der Waals surface area contributed by atoms with Gasteiger partial charge in [-0.05, 0) is 63.8 Å². The molecule has 4 heteroatoms. The number of hydrogen-bond donors (Lipinski definition) is 0. The van der Waals surface area contributed by atoms with Crippen LogP contribution in [0.4, 0.5) is 0 Å². The molecule has 3 aliphatic rings. The second-order valence-corrected chi connectivity index (χ2v) is 8.82. The van der Waals surface area contributed by atoms with Gasteiger partial charge in [0.15, 0.2) is 5.78 Å². The number of Topliss-reactive ketones (excluding diaryl/α,β-unsaturated/α-hetero) is 1. The van der Waals surface area contributed by atoms with Crippen molar-refractivity contribution >= 4 is 5.78 Å². The first-order valence-electron chi connectivity index (χ1n) is 11.5. The maximum atomic E-state index is 12.2. The lowest BCUT2D eigenvalue weighted by atomic mass is 9.89. The molecule has 0 aromatic carbocycles. The van der Waals surface area contributed by atoms with E-state index in [9.17, 15) is 4.79 Å². The number of piperidine rings is 1. The van der Waals surface area contributed by atoms with Gasteiger partial charge in [-0.2, -0.15) is 0 Å². The lowest BCUT2D eigenvalue weighted by Crippen LogP contribution is -2.44. The molecule has 1 saturated carbocycles. The standard InChI is InChI=1S/C25H39N3O/c1-5-6-13-24(21(3)29)28-18-17-27(19-20(28)2)25(22-10-9-11-22)15-14-23-12-7-8-16-26(23)4/h13-15,23H,2,5-12,16-19H2,1,3-4H3/b15-14+,24-13-. The first-order chi connectivity index (χ1) is 14.0. The van der Waals surface area contributed by atoms with Crippen LogP contribution in [0, 0.1) is 0 Å². The molecule has 1 aliphatic carbocycles. The minimum Gasteiger partial charge on any atom is -0.364 e. The fraction of sp³-hybridized carbons (Fsp3) is 0.640. The van der Waals surface area contributed by atoms with Crippen LogP contribution in [0.3, 0.4) is 0 Å². The molecule has 0 bridgehead atoms. The van der Waals surface area contributed by atoms with E-state index >= 15 is 0 Å². The second-order valence-electron chi connectivity index (χ2n) is 8.82. The molecule has 0 radical (unpaired) electrons. The highest BCUT2D eigenvalue weighted by atomic mass is 16.1. The number of ketones is 1. The van der Waals surface area contributed by atoms with E-state index in [4.69, 9.17) is 0 Å². The van der Waals surface area contributed by atoms with Crippen LogP contribution in [-0.2, 0) is 4.79 Å². The number of unbranched alkanes of at least 4 members (excludes halogenated alkanes) is 1. The van der Waals surface area contributed by atoms with E-state index in [0.717, 1.165) is 43.9 Å². The van der Waals surface area contributed by atoms with Crippen LogP contribution in [0.5, 0.6) is 0 Å². The van der Waals surface area contributed by atoms with E-state index in [0.29, 0.717) is 6.04 Å². The Bertz CT molecular complexity index is 697. The summed E-state index contributed by atoms with van der Waals surface area (Å²) in [4.78, 5) is 19.3. The Morgan fingerprint density at radius 1 is 1.17 bits per heavy atom. The molecule has 3 rings (SSSR count). The molecule has 0 N–H and O–H groups in total. The van der Waals surface area contributed by atoms with Gasteiger partial charge in [0.1, 0.15) is 0 Å². The molecule has 2 saturated heterocycles. The molecule has 0 spiro atoms. The summed E-state index contributed by atoms with van der Waals surface area (Å²) in [7, 11) is 2.25. The first kappa shape index (κ1) is 21.9. The normalized spacial score (nSPS) is 24.2. The van der Waals surface area contributed by atoms with Crippen molar-refractivity contribution in [1.82, 2.24) is 14.7 Å². The Labute approximate surface area is 177 Å². The fourth-order valence-corrected chi connectivity index (χ4v) is 4.59. The van der Waals surface area contributed by atoms with Crippen molar-refractivity contribution in [2.24, 2.45) is 0 Å². The summed E-state index contributed by atoms with van der Waals surface area (Å²) in [6.45, 7) is 11.9. The van der Waals surface area contributed by atoms with Gasteiger partial charge in [-0.1, -0.05) is 38.5 Å². The third-order valence-electron chi connectivity index (χ3n) is 6.59. The number of allylic oxidation sites excluding steroid dienone is 4. The average molecular weight is 398 g/mol. The monoisotopic (exact) mass is 397 g/mol. The Morgan fingerprint density at radius 3 is 2.55 bits per heavy atom. The number of likely N-dealkylation sites (tertiary alicyclic amines) is 1. The summed E-state index contributed by atoms with van der Waals surface area (Å²) in [5.74, 6) is 0.144. The predicted molar refractivity (Wildman–Crippen MR) is 121 cm³/mol. The SMILES string of the molecule is C=C1CN(C(/C=C/C2CCCCN2C)=C2CCC2)CCN1/C(=C\CCC)C(C)=O. The molecule has 1 atom stereocenters. The lowest BCUT2D eigenvalue weighted by Gasteiger charge is -2.41. The highest BCUT2D eigenvalue weighted by Gasteiger charge is 2.27. The summed E-state index contributed by atoms with van der Waals surface area (Å²) < 4.78 is 0. The molecular formula is C25H39N3O.